The Labute approximate surface area is 80.9 Å². The van der Waals surface area contributed by atoms with Gasteiger partial charge in [-0.25, -0.2) is 0 Å². The van der Waals surface area contributed by atoms with E-state index in [4.69, 9.17) is 6.42 Å². The summed E-state index contributed by atoms with van der Waals surface area (Å²) in [6.07, 6.45) is 13.4. The smallest absolute Gasteiger partial charge is 0.131 e. The third-order valence-electron chi connectivity index (χ3n) is 2.99. The molecule has 13 heavy (non-hydrogen) atoms. The molecule has 0 aromatic carbocycles. The molecule has 1 saturated carbocycles. The molecule has 0 unspecified atom stereocenters. The van der Waals surface area contributed by atoms with Crippen LogP contribution in [0.1, 0.15) is 38.5 Å². The van der Waals surface area contributed by atoms with E-state index in [2.05, 4.69) is 12.5 Å². The van der Waals surface area contributed by atoms with E-state index in [-0.39, 0.29) is 5.92 Å². The van der Waals surface area contributed by atoms with E-state index < -0.39 is 5.60 Å². The molecule has 0 aromatic rings. The second kappa shape index (κ2) is 4.48. The lowest BCUT2D eigenvalue weighted by atomic mass is 9.76. The number of hydrogen-bond donors (Lipinski definition) is 1. The zero-order valence-electron chi connectivity index (χ0n) is 8.13. The standard InChI is InChI=1S/C12H18O/c1-3-10-12(13,4-2)11-8-6-5-7-9-11/h2-3,11,13H,1,5-10H2/t12-/m0/s1. The van der Waals surface area contributed by atoms with Crippen molar-refractivity contribution in [3.63, 3.8) is 0 Å². The Hall–Kier alpha value is -0.740. The van der Waals surface area contributed by atoms with Crippen LogP contribution in [0.15, 0.2) is 12.7 Å². The van der Waals surface area contributed by atoms with Gasteiger partial charge >= 0.3 is 0 Å². The van der Waals surface area contributed by atoms with Crippen molar-refractivity contribution in [1.82, 2.24) is 0 Å². The van der Waals surface area contributed by atoms with Crippen LogP contribution in [-0.2, 0) is 0 Å². The molecule has 0 aromatic heterocycles. The summed E-state index contributed by atoms with van der Waals surface area (Å²) in [6.45, 7) is 3.63. The van der Waals surface area contributed by atoms with Crippen molar-refractivity contribution in [2.45, 2.75) is 44.1 Å². The van der Waals surface area contributed by atoms with Crippen LogP contribution in [0.4, 0.5) is 0 Å². The highest BCUT2D eigenvalue weighted by molar-refractivity contribution is 5.13. The highest BCUT2D eigenvalue weighted by atomic mass is 16.3. The summed E-state index contributed by atoms with van der Waals surface area (Å²) in [5.41, 5.74) is -0.928. The quantitative estimate of drug-likeness (QED) is 0.520. The minimum absolute atomic E-state index is 0.282. The molecule has 0 radical (unpaired) electrons. The molecule has 0 saturated heterocycles. The molecule has 0 bridgehead atoms. The van der Waals surface area contributed by atoms with E-state index in [1.165, 1.54) is 19.3 Å². The van der Waals surface area contributed by atoms with Gasteiger partial charge in [-0.2, -0.15) is 0 Å². The van der Waals surface area contributed by atoms with Crippen LogP contribution in [0.2, 0.25) is 0 Å². The van der Waals surface area contributed by atoms with Crippen LogP contribution in [0.25, 0.3) is 0 Å². The molecular formula is C12H18O. The largest absolute Gasteiger partial charge is 0.377 e. The van der Waals surface area contributed by atoms with Crippen molar-refractivity contribution in [2.24, 2.45) is 5.92 Å². The first kappa shape index (κ1) is 10.3. The number of terminal acetylenes is 1. The van der Waals surface area contributed by atoms with Crippen LogP contribution >= 0.6 is 0 Å². The van der Waals surface area contributed by atoms with Crippen molar-refractivity contribution in [3.8, 4) is 12.3 Å². The fraction of sp³-hybridized carbons (Fsp3) is 0.667. The minimum atomic E-state index is -0.928. The molecule has 0 amide bonds. The lowest BCUT2D eigenvalue weighted by Crippen LogP contribution is -2.37. The monoisotopic (exact) mass is 178 g/mol. The van der Waals surface area contributed by atoms with Gasteiger partial charge < -0.3 is 5.11 Å². The molecular weight excluding hydrogens is 160 g/mol. The Morgan fingerprint density at radius 1 is 1.46 bits per heavy atom. The summed E-state index contributed by atoms with van der Waals surface area (Å²) >= 11 is 0. The molecule has 1 aliphatic carbocycles. The van der Waals surface area contributed by atoms with Gasteiger partial charge in [0, 0.05) is 6.42 Å². The van der Waals surface area contributed by atoms with Gasteiger partial charge in [-0.1, -0.05) is 31.3 Å². The summed E-state index contributed by atoms with van der Waals surface area (Å²) in [6, 6.07) is 0. The number of hydrogen-bond acceptors (Lipinski definition) is 1. The molecule has 1 fully saturated rings. The van der Waals surface area contributed by atoms with Crippen molar-refractivity contribution < 1.29 is 5.11 Å². The lowest BCUT2D eigenvalue weighted by molar-refractivity contribution is 0.0226. The summed E-state index contributed by atoms with van der Waals surface area (Å²) in [5, 5.41) is 10.1. The number of aliphatic hydroxyl groups is 1. The van der Waals surface area contributed by atoms with E-state index in [9.17, 15) is 5.11 Å². The van der Waals surface area contributed by atoms with Gasteiger partial charge in [0.05, 0.1) is 0 Å². The maximum atomic E-state index is 10.1. The Bertz CT molecular complexity index is 208. The molecule has 1 N–H and O–H groups in total. The molecule has 0 spiro atoms. The highest BCUT2D eigenvalue weighted by Gasteiger charge is 2.34. The van der Waals surface area contributed by atoms with Crippen LogP contribution in [0.3, 0.4) is 0 Å². The van der Waals surface area contributed by atoms with Gasteiger partial charge in [-0.15, -0.1) is 13.0 Å². The van der Waals surface area contributed by atoms with Gasteiger partial charge in [0.25, 0.3) is 0 Å². The van der Waals surface area contributed by atoms with Crippen molar-refractivity contribution >= 4 is 0 Å². The normalized spacial score (nSPS) is 23.1. The molecule has 1 atom stereocenters. The molecule has 1 rings (SSSR count). The first-order valence-electron chi connectivity index (χ1n) is 5.04. The molecule has 0 aliphatic heterocycles. The van der Waals surface area contributed by atoms with Gasteiger partial charge in [0.2, 0.25) is 0 Å². The summed E-state index contributed by atoms with van der Waals surface area (Å²) in [5.74, 6) is 2.82. The maximum Gasteiger partial charge on any atom is 0.131 e. The zero-order chi connectivity index (χ0) is 9.73. The second-order valence-corrected chi connectivity index (χ2v) is 3.90. The third-order valence-corrected chi connectivity index (χ3v) is 2.99. The fourth-order valence-corrected chi connectivity index (χ4v) is 2.14. The summed E-state index contributed by atoms with van der Waals surface area (Å²) in [4.78, 5) is 0. The lowest BCUT2D eigenvalue weighted by Gasteiger charge is -2.33. The topological polar surface area (TPSA) is 20.2 Å². The summed E-state index contributed by atoms with van der Waals surface area (Å²) < 4.78 is 0. The summed E-state index contributed by atoms with van der Waals surface area (Å²) in [7, 11) is 0. The average Bonchev–Trinajstić information content (AvgIpc) is 2.19. The van der Waals surface area contributed by atoms with E-state index >= 15 is 0 Å². The van der Waals surface area contributed by atoms with E-state index in [0.717, 1.165) is 12.8 Å². The molecule has 1 nitrogen and oxygen atoms in total. The minimum Gasteiger partial charge on any atom is -0.377 e. The van der Waals surface area contributed by atoms with Crippen LogP contribution in [-0.4, -0.2) is 10.7 Å². The maximum absolute atomic E-state index is 10.1. The third kappa shape index (κ3) is 2.35. The van der Waals surface area contributed by atoms with Crippen LogP contribution < -0.4 is 0 Å². The number of rotatable bonds is 3. The highest BCUT2D eigenvalue weighted by Crippen LogP contribution is 2.34. The SMILES string of the molecule is C#C[C@](O)(CC=C)C1CCCCC1. The first-order valence-corrected chi connectivity index (χ1v) is 5.04. The predicted octanol–water partition coefficient (Wildman–Crippen LogP) is 2.51. The molecule has 72 valence electrons. The van der Waals surface area contributed by atoms with Crippen LogP contribution in [0, 0.1) is 18.3 Å². The second-order valence-electron chi connectivity index (χ2n) is 3.90. The van der Waals surface area contributed by atoms with Gasteiger partial charge in [0.1, 0.15) is 5.60 Å². The van der Waals surface area contributed by atoms with Gasteiger partial charge in [-0.3, -0.25) is 0 Å². The van der Waals surface area contributed by atoms with Gasteiger partial charge in [-0.05, 0) is 18.8 Å². The van der Waals surface area contributed by atoms with Crippen LogP contribution in [0.5, 0.6) is 0 Å². The van der Waals surface area contributed by atoms with Crippen molar-refractivity contribution in [3.05, 3.63) is 12.7 Å². The Balaban J connectivity index is 2.63. The van der Waals surface area contributed by atoms with Gasteiger partial charge in [0.15, 0.2) is 0 Å². The Morgan fingerprint density at radius 2 is 2.08 bits per heavy atom. The van der Waals surface area contributed by atoms with Crippen molar-refractivity contribution in [2.75, 3.05) is 0 Å². The Morgan fingerprint density at radius 3 is 2.54 bits per heavy atom. The molecule has 1 aliphatic rings. The van der Waals surface area contributed by atoms with E-state index in [1.807, 2.05) is 0 Å². The first-order chi connectivity index (χ1) is 6.23. The molecule has 1 heteroatoms. The Kier molecular flexibility index (Phi) is 3.57. The van der Waals surface area contributed by atoms with Crippen molar-refractivity contribution in [1.29, 1.82) is 0 Å². The van der Waals surface area contributed by atoms with E-state index in [0.29, 0.717) is 6.42 Å². The van der Waals surface area contributed by atoms with E-state index in [1.54, 1.807) is 6.08 Å². The molecule has 0 heterocycles. The zero-order valence-corrected chi connectivity index (χ0v) is 8.13. The average molecular weight is 178 g/mol. The fourth-order valence-electron chi connectivity index (χ4n) is 2.14. The predicted molar refractivity (Wildman–Crippen MR) is 55.2 cm³/mol.